The monoisotopic (exact) mass is 244 g/mol. The van der Waals surface area contributed by atoms with E-state index in [9.17, 15) is 0 Å². The fraction of sp³-hybridized carbons (Fsp3) is 0.778. The molecule has 15 heavy (non-hydrogen) atoms. The summed E-state index contributed by atoms with van der Waals surface area (Å²) in [5.41, 5.74) is 3.64. The molecule has 4 nitrogen and oxygen atoms in total. The van der Waals surface area contributed by atoms with Gasteiger partial charge in [0.15, 0.2) is 0 Å². The Bertz CT molecular complexity index is 296. The van der Waals surface area contributed by atoms with E-state index in [0.29, 0.717) is 0 Å². The summed E-state index contributed by atoms with van der Waals surface area (Å²) < 4.78 is 3.89. The van der Waals surface area contributed by atoms with Gasteiger partial charge >= 0.3 is 0 Å². The van der Waals surface area contributed by atoms with Gasteiger partial charge in [0.1, 0.15) is 10.7 Å². The molecule has 0 bridgehead atoms. The molecule has 1 saturated carbocycles. The molecule has 0 aliphatic heterocycles. The molecule has 0 unspecified atom stereocenters. The van der Waals surface area contributed by atoms with Gasteiger partial charge in [0, 0.05) is 22.5 Å². The molecule has 0 amide bonds. The third-order valence-electron chi connectivity index (χ3n) is 2.69. The summed E-state index contributed by atoms with van der Waals surface area (Å²) in [6.45, 7) is 0. The van der Waals surface area contributed by atoms with Crippen LogP contribution in [-0.4, -0.2) is 14.8 Å². The molecule has 3 N–H and O–H groups in total. The van der Waals surface area contributed by atoms with Gasteiger partial charge in [-0.25, -0.2) is 5.84 Å². The molecule has 6 heteroatoms. The van der Waals surface area contributed by atoms with Gasteiger partial charge < -0.3 is 5.43 Å². The zero-order valence-electron chi connectivity index (χ0n) is 8.61. The van der Waals surface area contributed by atoms with Crippen LogP contribution in [0.2, 0.25) is 0 Å². The number of rotatable bonds is 4. The van der Waals surface area contributed by atoms with Crippen molar-refractivity contribution in [3.63, 3.8) is 0 Å². The molecule has 1 aliphatic carbocycles. The van der Waals surface area contributed by atoms with E-state index >= 15 is 0 Å². The highest BCUT2D eigenvalue weighted by Crippen LogP contribution is 2.31. The average molecular weight is 244 g/mol. The first-order valence-electron chi connectivity index (χ1n) is 5.29. The molecule has 1 fully saturated rings. The fourth-order valence-electron chi connectivity index (χ4n) is 1.84. The van der Waals surface area contributed by atoms with Gasteiger partial charge in [-0.05, 0) is 12.8 Å². The number of anilines is 1. The van der Waals surface area contributed by atoms with Crippen LogP contribution in [0.1, 0.15) is 37.8 Å². The number of nitrogens with one attached hydrogen (secondary N) is 1. The number of nitrogen functional groups attached to an aromatic ring is 1. The molecule has 0 spiro atoms. The Morgan fingerprint density at radius 2 is 2.20 bits per heavy atom. The zero-order valence-corrected chi connectivity index (χ0v) is 10.2. The van der Waals surface area contributed by atoms with Gasteiger partial charge in [0.05, 0.1) is 0 Å². The van der Waals surface area contributed by atoms with Gasteiger partial charge in [-0.15, -0.1) is 5.10 Å². The van der Waals surface area contributed by atoms with Crippen molar-refractivity contribution in [3.8, 4) is 0 Å². The lowest BCUT2D eigenvalue weighted by atomic mass is 10.0. The Kier molecular flexibility index (Phi) is 4.22. The maximum Gasteiger partial charge on any atom is 0.148 e. The lowest BCUT2D eigenvalue weighted by molar-refractivity contribution is 0.516. The molecule has 1 heterocycles. The molecule has 0 atom stereocenters. The number of aromatic nitrogens is 2. The molecule has 1 aliphatic rings. The minimum Gasteiger partial charge on any atom is -0.313 e. The third kappa shape index (κ3) is 3.06. The quantitative estimate of drug-likeness (QED) is 0.629. The van der Waals surface area contributed by atoms with Gasteiger partial charge in [-0.2, -0.15) is 11.8 Å². The molecule has 84 valence electrons. The van der Waals surface area contributed by atoms with E-state index in [0.717, 1.165) is 21.7 Å². The highest BCUT2D eigenvalue weighted by molar-refractivity contribution is 7.99. The largest absolute Gasteiger partial charge is 0.313 e. The Hall–Kier alpha value is -0.330. The van der Waals surface area contributed by atoms with E-state index in [2.05, 4.69) is 15.0 Å². The van der Waals surface area contributed by atoms with Crippen LogP contribution in [0, 0.1) is 0 Å². The van der Waals surface area contributed by atoms with Crippen molar-refractivity contribution in [1.82, 2.24) is 9.59 Å². The Morgan fingerprint density at radius 3 is 2.93 bits per heavy atom. The Morgan fingerprint density at radius 1 is 1.40 bits per heavy atom. The highest BCUT2D eigenvalue weighted by atomic mass is 32.2. The minimum absolute atomic E-state index is 0.811. The number of hydrazine groups is 1. The summed E-state index contributed by atoms with van der Waals surface area (Å²) in [5, 5.41) is 5.79. The predicted molar refractivity (Wildman–Crippen MR) is 65.9 cm³/mol. The van der Waals surface area contributed by atoms with Gasteiger partial charge in [0.2, 0.25) is 0 Å². The summed E-state index contributed by atoms with van der Waals surface area (Å²) >= 11 is 3.32. The SMILES string of the molecule is NNc1snnc1CSC1CCCCC1. The van der Waals surface area contributed by atoms with E-state index < -0.39 is 0 Å². The summed E-state index contributed by atoms with van der Waals surface area (Å²) in [6.07, 6.45) is 6.89. The van der Waals surface area contributed by atoms with Gasteiger partial charge in [-0.3, -0.25) is 0 Å². The Labute approximate surface area is 98.2 Å². The number of thioether (sulfide) groups is 1. The van der Waals surface area contributed by atoms with Crippen molar-refractivity contribution in [2.24, 2.45) is 5.84 Å². The first kappa shape index (κ1) is 11.2. The second-order valence-electron chi connectivity index (χ2n) is 3.76. The molecular weight excluding hydrogens is 228 g/mol. The van der Waals surface area contributed by atoms with E-state index in [4.69, 9.17) is 5.84 Å². The van der Waals surface area contributed by atoms with Crippen molar-refractivity contribution in [2.75, 3.05) is 5.43 Å². The molecule has 0 radical (unpaired) electrons. The van der Waals surface area contributed by atoms with Crippen molar-refractivity contribution in [2.45, 2.75) is 43.1 Å². The second-order valence-corrected chi connectivity index (χ2v) is 5.81. The molecule has 1 aromatic heterocycles. The lowest BCUT2D eigenvalue weighted by Crippen LogP contribution is -2.10. The highest BCUT2D eigenvalue weighted by Gasteiger charge is 2.15. The lowest BCUT2D eigenvalue weighted by Gasteiger charge is -2.20. The second kappa shape index (κ2) is 5.67. The van der Waals surface area contributed by atoms with Crippen LogP contribution >= 0.6 is 23.3 Å². The Balaban J connectivity index is 1.81. The van der Waals surface area contributed by atoms with Crippen LogP contribution in [0.3, 0.4) is 0 Å². The summed E-state index contributed by atoms with van der Waals surface area (Å²) in [4.78, 5) is 0. The van der Waals surface area contributed by atoms with Crippen LogP contribution in [0.15, 0.2) is 0 Å². The van der Waals surface area contributed by atoms with Gasteiger partial charge in [0.25, 0.3) is 0 Å². The van der Waals surface area contributed by atoms with Crippen LogP contribution < -0.4 is 11.3 Å². The number of hydrogen-bond donors (Lipinski definition) is 2. The van der Waals surface area contributed by atoms with Crippen molar-refractivity contribution in [1.29, 1.82) is 0 Å². The molecule has 0 aromatic carbocycles. The molecule has 2 rings (SSSR count). The normalized spacial score (nSPS) is 17.9. The molecule has 1 aromatic rings. The number of nitrogens with zero attached hydrogens (tertiary/aromatic N) is 2. The molecule has 0 saturated heterocycles. The predicted octanol–water partition coefficient (Wildman–Crippen LogP) is 2.39. The summed E-state index contributed by atoms with van der Waals surface area (Å²) in [5.74, 6) is 6.31. The van der Waals surface area contributed by atoms with Crippen molar-refractivity contribution < 1.29 is 0 Å². The van der Waals surface area contributed by atoms with E-state index in [-0.39, 0.29) is 0 Å². The van der Waals surface area contributed by atoms with Crippen LogP contribution in [0.25, 0.3) is 0 Å². The topological polar surface area (TPSA) is 63.8 Å². The van der Waals surface area contributed by atoms with Crippen LogP contribution in [0.5, 0.6) is 0 Å². The standard InChI is InChI=1S/C9H16N4S2/c10-11-9-8(12-13-15-9)6-14-7-4-2-1-3-5-7/h7,11H,1-6,10H2. The maximum atomic E-state index is 5.37. The number of hydrogen-bond acceptors (Lipinski definition) is 6. The summed E-state index contributed by atoms with van der Waals surface area (Å²) in [6, 6.07) is 0. The average Bonchev–Trinajstić information content (AvgIpc) is 2.75. The third-order valence-corrected chi connectivity index (χ3v) is 4.78. The first-order chi connectivity index (χ1) is 7.40. The first-order valence-corrected chi connectivity index (χ1v) is 7.12. The van der Waals surface area contributed by atoms with E-state index in [1.807, 2.05) is 11.8 Å². The zero-order chi connectivity index (χ0) is 10.5. The van der Waals surface area contributed by atoms with Crippen molar-refractivity contribution >= 4 is 28.3 Å². The maximum absolute atomic E-state index is 5.37. The smallest absolute Gasteiger partial charge is 0.148 e. The van der Waals surface area contributed by atoms with E-state index in [1.54, 1.807) is 0 Å². The summed E-state index contributed by atoms with van der Waals surface area (Å²) in [7, 11) is 0. The van der Waals surface area contributed by atoms with Gasteiger partial charge in [-0.1, -0.05) is 23.8 Å². The number of nitrogens with two attached hydrogens (primary N) is 1. The molecular formula is C9H16N4S2. The van der Waals surface area contributed by atoms with E-state index in [1.165, 1.54) is 43.6 Å². The minimum atomic E-state index is 0.811. The van der Waals surface area contributed by atoms with Crippen molar-refractivity contribution in [3.05, 3.63) is 5.69 Å². The fourth-order valence-corrected chi connectivity index (χ4v) is 3.69. The van der Waals surface area contributed by atoms with Crippen LogP contribution in [0.4, 0.5) is 5.00 Å². The van der Waals surface area contributed by atoms with Crippen LogP contribution in [-0.2, 0) is 5.75 Å².